The number of ether oxygens (including phenoxy) is 1. The van der Waals surface area contributed by atoms with Gasteiger partial charge in [0, 0.05) is 5.69 Å². The predicted octanol–water partition coefficient (Wildman–Crippen LogP) is 2.27. The number of carbonyl (C=O) groups is 2. The second-order valence-electron chi connectivity index (χ2n) is 5.63. The number of anilines is 2. The average molecular weight is 376 g/mol. The van der Waals surface area contributed by atoms with Crippen molar-refractivity contribution in [3.8, 4) is 0 Å². The maximum atomic E-state index is 12.5. The molecule has 0 saturated heterocycles. The number of benzene rings is 2. The molecule has 0 aliphatic heterocycles. The molecule has 26 heavy (non-hydrogen) atoms. The van der Waals surface area contributed by atoms with Crippen molar-refractivity contribution >= 4 is 33.3 Å². The first-order chi connectivity index (χ1) is 12.2. The summed E-state index contributed by atoms with van der Waals surface area (Å²) in [5.74, 6) is -0.978. The Hall–Kier alpha value is -2.87. The first kappa shape index (κ1) is 19.5. The van der Waals surface area contributed by atoms with E-state index in [-0.39, 0.29) is 0 Å². The summed E-state index contributed by atoms with van der Waals surface area (Å²) in [7, 11) is -2.38. The number of amides is 1. The highest BCUT2D eigenvalue weighted by Gasteiger charge is 2.29. The molecular formula is C18H20N2O5S. The second kappa shape index (κ2) is 8.01. The van der Waals surface area contributed by atoms with Gasteiger partial charge in [-0.1, -0.05) is 18.2 Å². The molecule has 0 spiro atoms. The summed E-state index contributed by atoms with van der Waals surface area (Å²) >= 11 is 0. The van der Waals surface area contributed by atoms with Gasteiger partial charge in [-0.3, -0.25) is 9.10 Å². The van der Waals surface area contributed by atoms with Crippen LogP contribution in [-0.4, -0.2) is 39.7 Å². The van der Waals surface area contributed by atoms with Gasteiger partial charge in [0.15, 0.2) is 0 Å². The summed E-state index contributed by atoms with van der Waals surface area (Å²) in [6.45, 7) is 1.51. The monoisotopic (exact) mass is 376 g/mol. The van der Waals surface area contributed by atoms with Crippen LogP contribution in [0.15, 0.2) is 54.6 Å². The van der Waals surface area contributed by atoms with Crippen molar-refractivity contribution in [2.75, 3.05) is 23.0 Å². The van der Waals surface area contributed by atoms with Crippen LogP contribution in [-0.2, 0) is 19.6 Å². The highest BCUT2D eigenvalue weighted by atomic mass is 32.2. The van der Waals surface area contributed by atoms with Gasteiger partial charge in [0.25, 0.3) is 0 Å². The third kappa shape index (κ3) is 4.60. The predicted molar refractivity (Wildman–Crippen MR) is 99.6 cm³/mol. The molecule has 1 atom stereocenters. The van der Waals surface area contributed by atoms with Gasteiger partial charge >= 0.3 is 5.97 Å². The van der Waals surface area contributed by atoms with Gasteiger partial charge in [0.2, 0.25) is 15.9 Å². The Kier molecular flexibility index (Phi) is 5.99. The van der Waals surface area contributed by atoms with Crippen LogP contribution in [0, 0.1) is 0 Å². The maximum absolute atomic E-state index is 12.5. The maximum Gasteiger partial charge on any atom is 0.337 e. The first-order valence-electron chi connectivity index (χ1n) is 7.77. The van der Waals surface area contributed by atoms with Crippen LogP contribution >= 0.6 is 0 Å². The SMILES string of the molecule is COC(=O)c1ccc(NC(=O)[C@H](C)N(c2ccccc2)S(C)(=O)=O)cc1. The molecule has 0 fully saturated rings. The number of nitrogens with zero attached hydrogens (tertiary/aromatic N) is 1. The molecule has 2 aromatic rings. The number of carbonyl (C=O) groups excluding carboxylic acids is 2. The Balaban J connectivity index is 2.20. The molecule has 0 heterocycles. The van der Waals surface area contributed by atoms with Crippen LogP contribution < -0.4 is 9.62 Å². The average Bonchev–Trinajstić information content (AvgIpc) is 2.61. The van der Waals surface area contributed by atoms with Crippen LogP contribution in [0.25, 0.3) is 0 Å². The van der Waals surface area contributed by atoms with Crippen LogP contribution in [0.4, 0.5) is 11.4 Å². The van der Waals surface area contributed by atoms with E-state index in [1.807, 2.05) is 0 Å². The standard InChI is InChI=1S/C18H20N2O5S/c1-13(20(26(3,23)24)16-7-5-4-6-8-16)17(21)19-15-11-9-14(10-12-15)18(22)25-2/h4-13H,1-3H3,(H,19,21)/t13-/m0/s1. The van der Waals surface area contributed by atoms with Crippen LogP contribution in [0.5, 0.6) is 0 Å². The van der Waals surface area contributed by atoms with E-state index in [0.29, 0.717) is 16.9 Å². The molecule has 1 N–H and O–H groups in total. The van der Waals surface area contributed by atoms with E-state index in [2.05, 4.69) is 10.1 Å². The topological polar surface area (TPSA) is 92.8 Å². The molecule has 138 valence electrons. The fourth-order valence-corrected chi connectivity index (χ4v) is 3.61. The normalized spacial score (nSPS) is 12.1. The lowest BCUT2D eigenvalue weighted by Crippen LogP contribution is -2.45. The van der Waals surface area contributed by atoms with Gasteiger partial charge in [0.1, 0.15) is 6.04 Å². The van der Waals surface area contributed by atoms with Crippen molar-refractivity contribution in [2.45, 2.75) is 13.0 Å². The molecule has 8 heteroatoms. The van der Waals surface area contributed by atoms with E-state index >= 15 is 0 Å². The van der Waals surface area contributed by atoms with E-state index in [0.717, 1.165) is 10.6 Å². The molecule has 0 unspecified atom stereocenters. The summed E-state index contributed by atoms with van der Waals surface area (Å²) in [6.07, 6.45) is 1.05. The summed E-state index contributed by atoms with van der Waals surface area (Å²) in [5.41, 5.74) is 1.19. The Bertz CT molecular complexity index is 880. The third-order valence-electron chi connectivity index (χ3n) is 3.67. The van der Waals surface area contributed by atoms with Crippen molar-refractivity contribution in [3.05, 3.63) is 60.2 Å². The molecule has 7 nitrogen and oxygen atoms in total. The van der Waals surface area contributed by atoms with E-state index < -0.39 is 27.9 Å². The van der Waals surface area contributed by atoms with Crippen molar-refractivity contribution in [3.63, 3.8) is 0 Å². The zero-order chi connectivity index (χ0) is 19.3. The van der Waals surface area contributed by atoms with Gasteiger partial charge in [0.05, 0.1) is 24.6 Å². The number of esters is 1. The van der Waals surface area contributed by atoms with Gasteiger partial charge < -0.3 is 10.1 Å². The van der Waals surface area contributed by atoms with Gasteiger partial charge in [-0.25, -0.2) is 13.2 Å². The number of hydrogen-bond acceptors (Lipinski definition) is 5. The number of para-hydroxylation sites is 1. The van der Waals surface area contributed by atoms with E-state index in [1.54, 1.807) is 42.5 Å². The molecular weight excluding hydrogens is 356 g/mol. The molecule has 0 radical (unpaired) electrons. The minimum atomic E-state index is -3.66. The highest BCUT2D eigenvalue weighted by molar-refractivity contribution is 7.92. The highest BCUT2D eigenvalue weighted by Crippen LogP contribution is 2.21. The second-order valence-corrected chi connectivity index (χ2v) is 7.49. The quantitative estimate of drug-likeness (QED) is 0.781. The Morgan fingerprint density at radius 1 is 1.04 bits per heavy atom. The van der Waals surface area contributed by atoms with E-state index in [1.165, 1.54) is 26.2 Å². The summed E-state index contributed by atoms with van der Waals surface area (Å²) in [5, 5.41) is 2.65. The number of sulfonamides is 1. The fourth-order valence-electron chi connectivity index (χ4n) is 2.44. The number of nitrogens with one attached hydrogen (secondary N) is 1. The van der Waals surface area contributed by atoms with Crippen LogP contribution in [0.3, 0.4) is 0 Å². The lowest BCUT2D eigenvalue weighted by molar-refractivity contribution is -0.116. The van der Waals surface area contributed by atoms with Gasteiger partial charge in [-0.05, 0) is 43.3 Å². The summed E-state index contributed by atoms with van der Waals surface area (Å²) in [4.78, 5) is 24.0. The molecule has 0 saturated carbocycles. The van der Waals surface area contributed by atoms with Gasteiger partial charge in [-0.15, -0.1) is 0 Å². The zero-order valence-electron chi connectivity index (χ0n) is 14.7. The number of rotatable bonds is 6. The smallest absolute Gasteiger partial charge is 0.337 e. The molecule has 2 rings (SSSR count). The molecule has 0 aliphatic rings. The summed E-state index contributed by atoms with van der Waals surface area (Å²) in [6, 6.07) is 13.5. The van der Waals surface area contributed by atoms with Gasteiger partial charge in [-0.2, -0.15) is 0 Å². The number of methoxy groups -OCH3 is 1. The van der Waals surface area contributed by atoms with Crippen molar-refractivity contribution in [1.82, 2.24) is 0 Å². The van der Waals surface area contributed by atoms with E-state index in [4.69, 9.17) is 0 Å². The Morgan fingerprint density at radius 3 is 2.12 bits per heavy atom. The largest absolute Gasteiger partial charge is 0.465 e. The molecule has 0 bridgehead atoms. The minimum absolute atomic E-state index is 0.348. The minimum Gasteiger partial charge on any atom is -0.465 e. The van der Waals surface area contributed by atoms with Crippen molar-refractivity contribution in [1.29, 1.82) is 0 Å². The number of hydrogen-bond donors (Lipinski definition) is 1. The fraction of sp³-hybridized carbons (Fsp3) is 0.222. The first-order valence-corrected chi connectivity index (χ1v) is 9.62. The Labute approximate surface area is 152 Å². The Morgan fingerprint density at radius 2 is 1.62 bits per heavy atom. The third-order valence-corrected chi connectivity index (χ3v) is 4.91. The summed E-state index contributed by atoms with van der Waals surface area (Å²) < 4.78 is 30.0. The van der Waals surface area contributed by atoms with Crippen molar-refractivity contribution in [2.24, 2.45) is 0 Å². The molecule has 2 aromatic carbocycles. The lowest BCUT2D eigenvalue weighted by atomic mass is 10.2. The van der Waals surface area contributed by atoms with Crippen molar-refractivity contribution < 1.29 is 22.7 Å². The zero-order valence-corrected chi connectivity index (χ0v) is 15.5. The van der Waals surface area contributed by atoms with Crippen LogP contribution in [0.1, 0.15) is 17.3 Å². The molecule has 0 aliphatic carbocycles. The molecule has 1 amide bonds. The molecule has 0 aromatic heterocycles. The van der Waals surface area contributed by atoms with E-state index in [9.17, 15) is 18.0 Å². The van der Waals surface area contributed by atoms with Crippen LogP contribution in [0.2, 0.25) is 0 Å². The lowest BCUT2D eigenvalue weighted by Gasteiger charge is -2.28.